The van der Waals surface area contributed by atoms with E-state index in [9.17, 15) is 4.79 Å². The first kappa shape index (κ1) is 22.1. The third-order valence-electron chi connectivity index (χ3n) is 4.02. The van der Waals surface area contributed by atoms with Gasteiger partial charge in [0.2, 0.25) is 0 Å². The number of benzene rings is 1. The largest absolute Gasteiger partial charge is 1.00 e. The molecule has 0 saturated heterocycles. The number of imidazole rings is 2. The van der Waals surface area contributed by atoms with Gasteiger partial charge in [0.15, 0.2) is 19.0 Å². The number of carbonyl (C=O) groups is 1. The molecule has 0 fully saturated rings. The van der Waals surface area contributed by atoms with Crippen molar-refractivity contribution in [3.8, 4) is 0 Å². The Kier molecular flexibility index (Phi) is 8.68. The van der Waals surface area contributed by atoms with Gasteiger partial charge in [-0.05, 0) is 17.7 Å². The molecule has 8 nitrogen and oxygen atoms in total. The highest BCUT2D eigenvalue weighted by Gasteiger charge is 2.31. The van der Waals surface area contributed by atoms with Crippen molar-refractivity contribution >= 4 is 21.9 Å². The second kappa shape index (κ2) is 11.0. The fraction of sp³-hybridized carbons (Fsp3) is 0.278. The minimum absolute atomic E-state index is 0. The van der Waals surface area contributed by atoms with E-state index in [1.807, 2.05) is 30.5 Å². The van der Waals surface area contributed by atoms with E-state index in [2.05, 4.69) is 30.9 Å². The number of hydrogen-bond acceptors (Lipinski definition) is 5. The lowest BCUT2D eigenvalue weighted by Crippen LogP contribution is -3.00. The number of methoxy groups -OCH3 is 1. The predicted octanol–water partition coefficient (Wildman–Crippen LogP) is -1.31. The SMILES string of the molecule is COC(=O)[C@H](Cc1c[nH]cn1)N(COCc1ccc(Br)cc1)[n+]1cc[nH]c1.[Br-]. The highest BCUT2D eigenvalue weighted by atomic mass is 79.9. The van der Waals surface area contributed by atoms with Crippen LogP contribution < -0.4 is 26.7 Å². The predicted molar refractivity (Wildman–Crippen MR) is 101 cm³/mol. The molecule has 0 radical (unpaired) electrons. The van der Waals surface area contributed by atoms with Gasteiger partial charge in [-0.25, -0.2) is 19.8 Å². The number of carbonyl (C=O) groups excluding carboxylic acids is 1. The Balaban J connectivity index is 0.00000280. The second-order valence-corrected chi connectivity index (χ2v) is 6.75. The van der Waals surface area contributed by atoms with Crippen molar-refractivity contribution < 1.29 is 35.9 Å². The molecule has 0 aliphatic heterocycles. The first-order valence-corrected chi connectivity index (χ1v) is 9.15. The summed E-state index contributed by atoms with van der Waals surface area (Å²) in [6, 6.07) is 7.31. The lowest BCUT2D eigenvalue weighted by Gasteiger charge is -2.27. The summed E-state index contributed by atoms with van der Waals surface area (Å²) in [6.45, 7) is 0.619. The number of rotatable bonds is 9. The van der Waals surface area contributed by atoms with Gasteiger partial charge >= 0.3 is 5.97 Å². The maximum atomic E-state index is 12.5. The molecule has 3 aromatic rings. The Morgan fingerprint density at radius 2 is 2.11 bits per heavy atom. The van der Waals surface area contributed by atoms with Crippen LogP contribution in [0.2, 0.25) is 0 Å². The number of esters is 1. The highest BCUT2D eigenvalue weighted by Crippen LogP contribution is 2.12. The Morgan fingerprint density at radius 3 is 2.71 bits per heavy atom. The van der Waals surface area contributed by atoms with Gasteiger partial charge in [0.1, 0.15) is 6.20 Å². The van der Waals surface area contributed by atoms with E-state index in [1.54, 1.807) is 34.7 Å². The van der Waals surface area contributed by atoms with Crippen LogP contribution in [0, 0.1) is 0 Å². The van der Waals surface area contributed by atoms with E-state index in [4.69, 9.17) is 9.47 Å². The summed E-state index contributed by atoms with van der Waals surface area (Å²) >= 11 is 3.42. The topological polar surface area (TPSA) is 87.1 Å². The minimum atomic E-state index is -0.594. The van der Waals surface area contributed by atoms with Crippen molar-refractivity contribution in [2.45, 2.75) is 19.1 Å². The number of aromatic nitrogens is 4. The Bertz CT molecular complexity index is 826. The fourth-order valence-corrected chi connectivity index (χ4v) is 2.91. The van der Waals surface area contributed by atoms with Gasteiger partial charge in [-0.2, -0.15) is 0 Å². The highest BCUT2D eigenvalue weighted by molar-refractivity contribution is 9.10. The first-order chi connectivity index (χ1) is 13.2. The third kappa shape index (κ3) is 5.91. The van der Waals surface area contributed by atoms with Crippen molar-refractivity contribution in [2.24, 2.45) is 0 Å². The van der Waals surface area contributed by atoms with E-state index >= 15 is 0 Å². The average Bonchev–Trinajstić information content (AvgIpc) is 3.39. The molecule has 150 valence electrons. The van der Waals surface area contributed by atoms with Crippen LogP contribution in [0.5, 0.6) is 0 Å². The summed E-state index contributed by atoms with van der Waals surface area (Å²) in [4.78, 5) is 22.6. The van der Waals surface area contributed by atoms with Crippen LogP contribution >= 0.6 is 15.9 Å². The molecule has 2 heterocycles. The zero-order chi connectivity index (χ0) is 19.1. The third-order valence-corrected chi connectivity index (χ3v) is 4.55. The van der Waals surface area contributed by atoms with Gasteiger partial charge in [-0.15, -0.1) is 4.68 Å². The van der Waals surface area contributed by atoms with E-state index in [0.29, 0.717) is 13.0 Å². The standard InChI is InChI=1S/C18H20BrN5O3.BrH/c1-26-18(25)17(8-16-9-21-11-22-16)24(23-7-6-20-12-23)13-27-10-14-2-4-15(19)5-3-14;/h2-7,9,11-12,17H,8,10,13H2,1H3,(H,21,22);1H/t17-;/m0./s1. The number of hydrogen-bond donors (Lipinski definition) is 2. The summed E-state index contributed by atoms with van der Waals surface area (Å²) in [5, 5.41) is 1.79. The van der Waals surface area contributed by atoms with E-state index in [0.717, 1.165) is 15.7 Å². The van der Waals surface area contributed by atoms with Crippen LogP contribution in [0.3, 0.4) is 0 Å². The molecule has 0 amide bonds. The molecule has 2 N–H and O–H groups in total. The molecule has 0 unspecified atom stereocenters. The van der Waals surface area contributed by atoms with E-state index < -0.39 is 6.04 Å². The monoisotopic (exact) mass is 513 g/mol. The second-order valence-electron chi connectivity index (χ2n) is 5.84. The Hall–Kier alpha value is -2.17. The van der Waals surface area contributed by atoms with Gasteiger partial charge in [0.25, 0.3) is 6.33 Å². The van der Waals surface area contributed by atoms with Crippen LogP contribution in [-0.2, 0) is 27.3 Å². The van der Waals surface area contributed by atoms with Crippen molar-refractivity contribution in [1.29, 1.82) is 0 Å². The van der Waals surface area contributed by atoms with Crippen LogP contribution in [0.15, 0.2) is 60.0 Å². The fourth-order valence-electron chi connectivity index (χ4n) is 2.64. The van der Waals surface area contributed by atoms with Gasteiger partial charge < -0.3 is 31.4 Å². The number of halogens is 2. The van der Waals surface area contributed by atoms with Gasteiger partial charge in [-0.3, -0.25) is 0 Å². The summed E-state index contributed by atoms with van der Waals surface area (Å²) in [5.74, 6) is -0.362. The number of ether oxygens (including phenoxy) is 2. The van der Waals surface area contributed by atoms with E-state index in [-0.39, 0.29) is 29.7 Å². The quantitative estimate of drug-likeness (QED) is 0.210. The van der Waals surface area contributed by atoms with Crippen LogP contribution in [0.1, 0.15) is 11.3 Å². The maximum absolute atomic E-state index is 12.5. The molecule has 0 aliphatic rings. The molecular weight excluding hydrogens is 494 g/mol. The van der Waals surface area contributed by atoms with Crippen molar-refractivity contribution in [2.75, 3.05) is 18.8 Å². The number of nitrogens with zero attached hydrogens (tertiary/aromatic N) is 3. The molecule has 0 bridgehead atoms. The molecule has 1 aromatic carbocycles. The summed E-state index contributed by atoms with van der Waals surface area (Å²) < 4.78 is 13.7. The zero-order valence-corrected chi connectivity index (χ0v) is 18.4. The molecular formula is C18H21Br2N5O3. The van der Waals surface area contributed by atoms with Gasteiger partial charge in [-0.1, -0.05) is 28.1 Å². The lowest BCUT2D eigenvalue weighted by atomic mass is 10.1. The summed E-state index contributed by atoms with van der Waals surface area (Å²) in [7, 11) is 1.38. The Morgan fingerprint density at radius 1 is 1.32 bits per heavy atom. The van der Waals surface area contributed by atoms with Crippen molar-refractivity contribution in [1.82, 2.24) is 15.0 Å². The smallest absolute Gasteiger partial charge is 0.332 e. The van der Waals surface area contributed by atoms with Crippen LogP contribution in [0.4, 0.5) is 0 Å². The van der Waals surface area contributed by atoms with Gasteiger partial charge in [0.05, 0.1) is 25.7 Å². The molecule has 10 heteroatoms. The summed E-state index contributed by atoms with van der Waals surface area (Å²) in [6.07, 6.45) is 9.05. The normalized spacial score (nSPS) is 11.5. The first-order valence-electron chi connectivity index (χ1n) is 8.36. The Labute approximate surface area is 181 Å². The number of aromatic amines is 2. The molecule has 28 heavy (non-hydrogen) atoms. The summed E-state index contributed by atoms with van der Waals surface area (Å²) in [5.41, 5.74) is 1.80. The van der Waals surface area contributed by atoms with Gasteiger partial charge in [0, 0.05) is 17.1 Å². The molecule has 2 aromatic heterocycles. The molecule has 0 aliphatic carbocycles. The average molecular weight is 515 g/mol. The number of H-pyrrole nitrogens is 2. The number of nitrogens with one attached hydrogen (secondary N) is 2. The van der Waals surface area contributed by atoms with E-state index in [1.165, 1.54) is 7.11 Å². The van der Waals surface area contributed by atoms with Crippen molar-refractivity contribution in [3.63, 3.8) is 0 Å². The zero-order valence-electron chi connectivity index (χ0n) is 15.2. The van der Waals surface area contributed by atoms with Crippen LogP contribution in [-0.4, -0.2) is 40.8 Å². The molecule has 3 rings (SSSR count). The minimum Gasteiger partial charge on any atom is -1.00 e. The molecule has 1 atom stereocenters. The molecule has 0 saturated carbocycles. The van der Waals surface area contributed by atoms with Crippen LogP contribution in [0.25, 0.3) is 0 Å². The molecule has 0 spiro atoms. The lowest BCUT2D eigenvalue weighted by molar-refractivity contribution is -0.699. The van der Waals surface area contributed by atoms with Crippen molar-refractivity contribution in [3.05, 3.63) is 71.2 Å². The maximum Gasteiger partial charge on any atom is 0.332 e.